The number of carbonyl (C=O) groups is 2. The molecule has 4 rings (SSSR count). The van der Waals surface area contributed by atoms with E-state index < -0.39 is 0 Å². The van der Waals surface area contributed by atoms with Crippen LogP contribution < -0.4 is 10.7 Å². The van der Waals surface area contributed by atoms with Crippen LogP contribution in [0.3, 0.4) is 0 Å². The summed E-state index contributed by atoms with van der Waals surface area (Å²) < 4.78 is 5.86. The summed E-state index contributed by atoms with van der Waals surface area (Å²) in [6.45, 7) is 7.71. The van der Waals surface area contributed by atoms with Crippen LogP contribution in [0.25, 0.3) is 0 Å². The average molecular weight is 438 g/mol. The third-order valence-electron chi connectivity index (χ3n) is 7.69. The van der Waals surface area contributed by atoms with Crippen LogP contribution in [0.2, 0.25) is 0 Å². The number of ether oxygens (including phenoxy) is 1. The molecule has 5 unspecified atom stereocenters. The lowest BCUT2D eigenvalue weighted by Gasteiger charge is -2.54. The molecule has 3 heterocycles. The zero-order valence-electron chi connectivity index (χ0n) is 19.0. The first kappa shape index (κ1) is 22.8. The molecular weight excluding hydrogens is 398 g/mol. The molecule has 4 aliphatic rings. The van der Waals surface area contributed by atoms with Gasteiger partial charge in [-0.05, 0) is 63.8 Å². The number of rotatable bonds is 4. The molecular formula is C22H39N5O4. The highest BCUT2D eigenvalue weighted by molar-refractivity contribution is 5.75. The Morgan fingerprint density at radius 1 is 1.10 bits per heavy atom. The van der Waals surface area contributed by atoms with Crippen molar-refractivity contribution in [3.05, 3.63) is 0 Å². The maximum atomic E-state index is 13.2. The van der Waals surface area contributed by atoms with Gasteiger partial charge < -0.3 is 19.6 Å². The van der Waals surface area contributed by atoms with Gasteiger partial charge in [0.05, 0.1) is 18.7 Å². The molecule has 176 valence electrons. The van der Waals surface area contributed by atoms with E-state index in [0.29, 0.717) is 24.9 Å². The second-order valence-electron chi connectivity index (χ2n) is 9.75. The van der Waals surface area contributed by atoms with Gasteiger partial charge in [-0.3, -0.25) is 15.5 Å². The zero-order chi connectivity index (χ0) is 22.0. The third-order valence-corrected chi connectivity index (χ3v) is 7.69. The number of aliphatic hydroxyl groups excluding tert-OH is 1. The Morgan fingerprint density at radius 3 is 2.65 bits per heavy atom. The van der Waals surface area contributed by atoms with Crippen molar-refractivity contribution in [2.24, 2.45) is 11.8 Å². The molecule has 0 aromatic carbocycles. The first-order valence-corrected chi connectivity index (χ1v) is 12.1. The molecule has 4 fully saturated rings. The van der Waals surface area contributed by atoms with Gasteiger partial charge in [0, 0.05) is 39.1 Å². The second kappa shape index (κ2) is 10.0. The molecule has 1 aliphatic carbocycles. The Hall–Kier alpha value is -1.42. The van der Waals surface area contributed by atoms with E-state index in [0.717, 1.165) is 58.2 Å². The van der Waals surface area contributed by atoms with Crippen molar-refractivity contribution >= 4 is 12.0 Å². The predicted molar refractivity (Wildman–Crippen MR) is 116 cm³/mol. The summed E-state index contributed by atoms with van der Waals surface area (Å²) in [6.07, 6.45) is 5.49. The number of aliphatic hydroxyl groups is 1. The van der Waals surface area contributed by atoms with Gasteiger partial charge in [-0.2, -0.15) is 0 Å². The maximum Gasteiger partial charge on any atom is 0.411 e. The molecule has 9 nitrogen and oxygen atoms in total. The van der Waals surface area contributed by atoms with Crippen molar-refractivity contribution < 1.29 is 19.4 Å². The van der Waals surface area contributed by atoms with Crippen molar-refractivity contribution in [3.63, 3.8) is 0 Å². The van der Waals surface area contributed by atoms with Crippen LogP contribution in [0, 0.1) is 11.8 Å². The van der Waals surface area contributed by atoms with E-state index in [2.05, 4.69) is 15.8 Å². The summed E-state index contributed by atoms with van der Waals surface area (Å²) in [4.78, 5) is 29.6. The summed E-state index contributed by atoms with van der Waals surface area (Å²) in [5.41, 5.74) is 3.39. The molecule has 3 aliphatic heterocycles. The quantitative estimate of drug-likeness (QED) is 0.597. The largest absolute Gasteiger partial charge is 0.430 e. The minimum Gasteiger partial charge on any atom is -0.430 e. The number of hydrazine groups is 1. The number of piperidine rings is 1. The summed E-state index contributed by atoms with van der Waals surface area (Å²) >= 11 is 0. The number of piperazine rings is 1. The smallest absolute Gasteiger partial charge is 0.411 e. The molecule has 0 aromatic rings. The van der Waals surface area contributed by atoms with Crippen LogP contribution in [0.1, 0.15) is 52.4 Å². The van der Waals surface area contributed by atoms with Crippen LogP contribution in [0.4, 0.5) is 4.79 Å². The van der Waals surface area contributed by atoms with Crippen LogP contribution in [-0.2, 0) is 9.53 Å². The number of nitrogens with zero attached hydrogens (tertiary/aromatic N) is 3. The highest BCUT2D eigenvalue weighted by Crippen LogP contribution is 2.39. The molecule has 6 atom stereocenters. The fourth-order valence-electron chi connectivity index (χ4n) is 6.21. The van der Waals surface area contributed by atoms with Gasteiger partial charge in [-0.25, -0.2) is 9.80 Å². The third kappa shape index (κ3) is 4.99. The Balaban J connectivity index is 1.47. The Bertz CT molecular complexity index is 643. The van der Waals surface area contributed by atoms with E-state index in [1.807, 2.05) is 16.7 Å². The summed E-state index contributed by atoms with van der Waals surface area (Å²) in [5.74, 6) is 1.08. The van der Waals surface area contributed by atoms with E-state index in [1.54, 1.807) is 6.92 Å². The van der Waals surface area contributed by atoms with Crippen molar-refractivity contribution in [2.75, 3.05) is 39.3 Å². The van der Waals surface area contributed by atoms with Gasteiger partial charge in [-0.1, -0.05) is 0 Å². The second-order valence-corrected chi connectivity index (χ2v) is 9.75. The fraction of sp³-hybridized carbons (Fsp3) is 0.909. The number of hydrogen-bond acceptors (Lipinski definition) is 7. The minimum absolute atomic E-state index is 0.00170. The average Bonchev–Trinajstić information content (AvgIpc) is 3.22. The lowest BCUT2D eigenvalue weighted by molar-refractivity contribution is -0.142. The minimum atomic E-state index is -0.239. The Morgan fingerprint density at radius 2 is 1.94 bits per heavy atom. The lowest BCUT2D eigenvalue weighted by Crippen LogP contribution is -2.67. The first-order chi connectivity index (χ1) is 15.0. The van der Waals surface area contributed by atoms with Crippen molar-refractivity contribution in [3.8, 4) is 0 Å². The van der Waals surface area contributed by atoms with Gasteiger partial charge >= 0.3 is 6.09 Å². The molecule has 0 radical (unpaired) electrons. The fourth-order valence-corrected chi connectivity index (χ4v) is 6.21. The highest BCUT2D eigenvalue weighted by atomic mass is 16.6. The molecule has 3 N–H and O–H groups in total. The number of β-amino-alcohol motifs (C(OH)–C–C–N with tert-alkyl or cyclic N) is 1. The van der Waals surface area contributed by atoms with E-state index >= 15 is 0 Å². The molecule has 0 bridgehead atoms. The Labute approximate surface area is 185 Å². The summed E-state index contributed by atoms with van der Waals surface area (Å²) in [5, 5.41) is 14.6. The number of fused-ring (bicyclic) bond motifs is 1. The zero-order valence-corrected chi connectivity index (χ0v) is 19.0. The van der Waals surface area contributed by atoms with Crippen molar-refractivity contribution in [1.29, 1.82) is 0 Å². The molecule has 31 heavy (non-hydrogen) atoms. The number of amides is 2. The molecule has 0 spiro atoms. The van der Waals surface area contributed by atoms with Crippen LogP contribution in [0.5, 0.6) is 0 Å². The number of nitrogens with one attached hydrogen (secondary N) is 2. The van der Waals surface area contributed by atoms with Crippen molar-refractivity contribution in [2.45, 2.75) is 76.7 Å². The molecule has 3 saturated heterocycles. The normalized spacial score (nSPS) is 36.9. The van der Waals surface area contributed by atoms with E-state index in [9.17, 15) is 14.7 Å². The van der Waals surface area contributed by atoms with Gasteiger partial charge in [0.15, 0.2) is 6.23 Å². The molecule has 9 heteroatoms. The summed E-state index contributed by atoms with van der Waals surface area (Å²) in [6, 6.07) is 0.0597. The maximum absolute atomic E-state index is 13.2. The Kier molecular flexibility index (Phi) is 7.36. The van der Waals surface area contributed by atoms with Crippen LogP contribution in [0.15, 0.2) is 0 Å². The molecule has 1 saturated carbocycles. The van der Waals surface area contributed by atoms with E-state index in [-0.39, 0.29) is 43.0 Å². The monoisotopic (exact) mass is 437 g/mol. The molecule has 2 amide bonds. The molecule has 0 aromatic heterocycles. The van der Waals surface area contributed by atoms with Gasteiger partial charge in [0.2, 0.25) is 5.91 Å². The van der Waals surface area contributed by atoms with Gasteiger partial charge in [0.25, 0.3) is 0 Å². The van der Waals surface area contributed by atoms with Gasteiger partial charge in [0.1, 0.15) is 0 Å². The standard InChI is InChI=1S/C22H39N5O4/c1-15-13-26(22(30)31-21-5-3-4-8-23-21)20-11-17(6-7-19(20)27(15)16(2)29)18-12-24-25(14-18)9-10-28/h15,17-21,23-24,28H,3-14H2,1-2H3/t15-,17?,18?,19?,20?,21?/m0/s1. The van der Waals surface area contributed by atoms with E-state index in [4.69, 9.17) is 4.74 Å². The topological polar surface area (TPSA) is 97.4 Å². The lowest BCUT2D eigenvalue weighted by atomic mass is 9.73. The first-order valence-electron chi connectivity index (χ1n) is 12.1. The van der Waals surface area contributed by atoms with Crippen LogP contribution >= 0.6 is 0 Å². The SMILES string of the molecule is CC(=O)N1C2CCC(C3CNN(CCO)C3)CC2N(C(=O)OC2CCCCN2)C[C@@H]1C. The van der Waals surface area contributed by atoms with Crippen molar-refractivity contribution in [1.82, 2.24) is 25.6 Å². The predicted octanol–water partition coefficient (Wildman–Crippen LogP) is 0.741. The highest BCUT2D eigenvalue weighted by Gasteiger charge is 2.48. The summed E-state index contributed by atoms with van der Waals surface area (Å²) in [7, 11) is 0. The van der Waals surface area contributed by atoms with Gasteiger partial charge in [-0.15, -0.1) is 0 Å². The number of carbonyl (C=O) groups excluding carboxylic acids is 2. The van der Waals surface area contributed by atoms with E-state index in [1.165, 1.54) is 0 Å². The van der Waals surface area contributed by atoms with Crippen LogP contribution in [-0.4, -0.2) is 95.6 Å². The number of hydrogen-bond donors (Lipinski definition) is 3.